The van der Waals surface area contributed by atoms with Gasteiger partial charge in [0.2, 0.25) is 5.91 Å². The average Bonchev–Trinajstić information content (AvgIpc) is 2.18. The van der Waals surface area contributed by atoms with E-state index in [1.54, 1.807) is 0 Å². The molecule has 1 fully saturated rings. The van der Waals surface area contributed by atoms with E-state index >= 15 is 0 Å². The third kappa shape index (κ3) is 3.64. The molecule has 1 rings (SSSR count). The van der Waals surface area contributed by atoms with Gasteiger partial charge in [0.1, 0.15) is 0 Å². The van der Waals surface area contributed by atoms with Gasteiger partial charge in [0.25, 0.3) is 0 Å². The Hall–Kier alpha value is -0.610. The van der Waals surface area contributed by atoms with Crippen molar-refractivity contribution in [3.63, 3.8) is 0 Å². The van der Waals surface area contributed by atoms with E-state index in [0.717, 1.165) is 25.7 Å². The van der Waals surface area contributed by atoms with Gasteiger partial charge in [0.15, 0.2) is 0 Å². The molecule has 0 saturated heterocycles. The highest BCUT2D eigenvalue weighted by Crippen LogP contribution is 2.26. The fraction of sp³-hybridized carbons (Fsp3) is 0.900. The van der Waals surface area contributed by atoms with Gasteiger partial charge >= 0.3 is 0 Å². The molecule has 4 N–H and O–H groups in total. The van der Waals surface area contributed by atoms with Crippen LogP contribution in [0.2, 0.25) is 0 Å². The van der Waals surface area contributed by atoms with E-state index in [4.69, 9.17) is 5.73 Å². The fourth-order valence-electron chi connectivity index (χ4n) is 1.95. The van der Waals surface area contributed by atoms with Crippen LogP contribution in [0, 0.1) is 5.92 Å². The van der Waals surface area contributed by atoms with Crippen molar-refractivity contribution in [2.75, 3.05) is 13.1 Å². The zero-order valence-corrected chi connectivity index (χ0v) is 8.54. The topological polar surface area (TPSA) is 75.3 Å². The van der Waals surface area contributed by atoms with E-state index in [1.807, 2.05) is 0 Å². The molecule has 4 nitrogen and oxygen atoms in total. The van der Waals surface area contributed by atoms with Gasteiger partial charge in [-0.2, -0.15) is 0 Å². The number of amides is 1. The van der Waals surface area contributed by atoms with Crippen LogP contribution in [0.25, 0.3) is 0 Å². The van der Waals surface area contributed by atoms with Gasteiger partial charge in [0.05, 0.1) is 6.10 Å². The number of rotatable bonds is 4. The Balaban J connectivity index is 2.23. The standard InChI is InChI=1S/C10H20N2O2/c11-5-6-12-10(14)7-8-3-1-2-4-9(8)13/h8-9,13H,1-7,11H2,(H,12,14). The summed E-state index contributed by atoms with van der Waals surface area (Å²) in [5.74, 6) is 0.169. The second-order valence-electron chi connectivity index (χ2n) is 3.95. The molecule has 1 saturated carbocycles. The summed E-state index contributed by atoms with van der Waals surface area (Å²) in [6, 6.07) is 0. The minimum Gasteiger partial charge on any atom is -0.393 e. The summed E-state index contributed by atoms with van der Waals surface area (Å²) in [6.07, 6.45) is 4.19. The SMILES string of the molecule is NCCNC(=O)CC1CCCCC1O. The van der Waals surface area contributed by atoms with Crippen LogP contribution in [0.3, 0.4) is 0 Å². The number of hydrogen-bond donors (Lipinski definition) is 3. The molecule has 0 aromatic heterocycles. The summed E-state index contributed by atoms with van der Waals surface area (Å²) in [4.78, 5) is 11.3. The molecule has 2 atom stereocenters. The van der Waals surface area contributed by atoms with Crippen molar-refractivity contribution >= 4 is 5.91 Å². The van der Waals surface area contributed by atoms with Crippen molar-refractivity contribution in [1.29, 1.82) is 0 Å². The Labute approximate surface area is 84.9 Å². The molecule has 0 aromatic rings. The largest absolute Gasteiger partial charge is 0.393 e. The molecule has 14 heavy (non-hydrogen) atoms. The van der Waals surface area contributed by atoms with Crippen molar-refractivity contribution in [1.82, 2.24) is 5.32 Å². The summed E-state index contributed by atoms with van der Waals surface area (Å²) in [7, 11) is 0. The van der Waals surface area contributed by atoms with Gasteiger partial charge in [-0.3, -0.25) is 4.79 Å². The summed E-state index contributed by atoms with van der Waals surface area (Å²) in [5.41, 5.74) is 5.27. The number of aliphatic hydroxyl groups excluding tert-OH is 1. The predicted molar refractivity (Wildman–Crippen MR) is 54.6 cm³/mol. The first-order chi connectivity index (χ1) is 6.74. The summed E-state index contributed by atoms with van der Waals surface area (Å²) < 4.78 is 0. The highest BCUT2D eigenvalue weighted by molar-refractivity contribution is 5.76. The fourth-order valence-corrected chi connectivity index (χ4v) is 1.95. The molecule has 0 bridgehead atoms. The minimum atomic E-state index is -0.285. The van der Waals surface area contributed by atoms with Gasteiger partial charge in [-0.25, -0.2) is 0 Å². The van der Waals surface area contributed by atoms with Crippen molar-refractivity contribution in [3.05, 3.63) is 0 Å². The molecule has 0 spiro atoms. The van der Waals surface area contributed by atoms with E-state index in [-0.39, 0.29) is 17.9 Å². The normalized spacial score (nSPS) is 27.3. The molecular weight excluding hydrogens is 180 g/mol. The number of carbonyl (C=O) groups excluding carboxylic acids is 1. The average molecular weight is 200 g/mol. The summed E-state index contributed by atoms with van der Waals surface area (Å²) >= 11 is 0. The maximum Gasteiger partial charge on any atom is 0.220 e. The van der Waals surface area contributed by atoms with Crippen LogP contribution >= 0.6 is 0 Å². The highest BCUT2D eigenvalue weighted by Gasteiger charge is 2.24. The molecule has 0 aromatic carbocycles. The number of nitrogens with one attached hydrogen (secondary N) is 1. The lowest BCUT2D eigenvalue weighted by Crippen LogP contribution is -2.34. The number of hydrogen-bond acceptors (Lipinski definition) is 3. The van der Waals surface area contributed by atoms with Crippen molar-refractivity contribution in [2.45, 2.75) is 38.2 Å². The first-order valence-electron chi connectivity index (χ1n) is 5.39. The first kappa shape index (κ1) is 11.5. The van der Waals surface area contributed by atoms with E-state index in [2.05, 4.69) is 5.32 Å². The van der Waals surface area contributed by atoms with Crippen LogP contribution in [-0.2, 0) is 4.79 Å². The smallest absolute Gasteiger partial charge is 0.220 e. The van der Waals surface area contributed by atoms with Gasteiger partial charge in [0, 0.05) is 19.5 Å². The van der Waals surface area contributed by atoms with Crippen LogP contribution in [-0.4, -0.2) is 30.2 Å². The second kappa shape index (κ2) is 5.98. The predicted octanol–water partition coefficient (Wildman–Crippen LogP) is 0.00250. The quantitative estimate of drug-likeness (QED) is 0.598. The maximum absolute atomic E-state index is 11.3. The van der Waals surface area contributed by atoms with Gasteiger partial charge in [-0.1, -0.05) is 12.8 Å². The Morgan fingerprint density at radius 2 is 2.14 bits per heavy atom. The molecular formula is C10H20N2O2. The van der Waals surface area contributed by atoms with E-state index in [0.29, 0.717) is 19.5 Å². The lowest BCUT2D eigenvalue weighted by molar-refractivity contribution is -0.123. The zero-order valence-electron chi connectivity index (χ0n) is 8.54. The Morgan fingerprint density at radius 1 is 1.43 bits per heavy atom. The molecule has 0 radical (unpaired) electrons. The third-order valence-electron chi connectivity index (χ3n) is 2.78. The van der Waals surface area contributed by atoms with Crippen LogP contribution < -0.4 is 11.1 Å². The monoisotopic (exact) mass is 200 g/mol. The van der Waals surface area contributed by atoms with Gasteiger partial charge < -0.3 is 16.2 Å². The van der Waals surface area contributed by atoms with Gasteiger partial charge in [-0.05, 0) is 18.8 Å². The van der Waals surface area contributed by atoms with E-state index in [9.17, 15) is 9.90 Å². The van der Waals surface area contributed by atoms with Gasteiger partial charge in [-0.15, -0.1) is 0 Å². The Morgan fingerprint density at radius 3 is 2.79 bits per heavy atom. The van der Waals surface area contributed by atoms with Crippen LogP contribution in [0.1, 0.15) is 32.1 Å². The van der Waals surface area contributed by atoms with Crippen LogP contribution in [0.5, 0.6) is 0 Å². The highest BCUT2D eigenvalue weighted by atomic mass is 16.3. The van der Waals surface area contributed by atoms with E-state index in [1.165, 1.54) is 0 Å². The lowest BCUT2D eigenvalue weighted by Gasteiger charge is -2.26. The van der Waals surface area contributed by atoms with Crippen molar-refractivity contribution < 1.29 is 9.90 Å². The van der Waals surface area contributed by atoms with E-state index < -0.39 is 0 Å². The second-order valence-corrected chi connectivity index (χ2v) is 3.95. The first-order valence-corrected chi connectivity index (χ1v) is 5.39. The molecule has 0 heterocycles. The summed E-state index contributed by atoms with van der Waals surface area (Å²) in [6.45, 7) is 1.00. The molecule has 2 unspecified atom stereocenters. The Kier molecular flexibility index (Phi) is 4.90. The lowest BCUT2D eigenvalue weighted by atomic mass is 9.84. The Bertz CT molecular complexity index is 185. The number of aliphatic hydroxyl groups is 1. The zero-order chi connectivity index (χ0) is 10.4. The molecule has 1 aliphatic rings. The van der Waals surface area contributed by atoms with Crippen molar-refractivity contribution in [3.8, 4) is 0 Å². The summed E-state index contributed by atoms with van der Waals surface area (Å²) in [5, 5.41) is 12.4. The minimum absolute atomic E-state index is 0.0152. The molecule has 0 aliphatic heterocycles. The third-order valence-corrected chi connectivity index (χ3v) is 2.78. The molecule has 1 aliphatic carbocycles. The van der Waals surface area contributed by atoms with Crippen molar-refractivity contribution in [2.24, 2.45) is 11.7 Å². The maximum atomic E-state index is 11.3. The number of carbonyl (C=O) groups is 1. The molecule has 82 valence electrons. The molecule has 1 amide bonds. The van der Waals surface area contributed by atoms with Crippen LogP contribution in [0.4, 0.5) is 0 Å². The van der Waals surface area contributed by atoms with Crippen LogP contribution in [0.15, 0.2) is 0 Å². The molecule has 4 heteroatoms. The number of nitrogens with two attached hydrogens (primary N) is 1.